The number of nitrogens with zero attached hydrogens (tertiary/aromatic N) is 6. The molecule has 3 aromatic rings. The van der Waals surface area contributed by atoms with E-state index >= 15 is 0 Å². The summed E-state index contributed by atoms with van der Waals surface area (Å²) in [6, 6.07) is 5.87. The number of ether oxygens (including phenoxy) is 1. The SMILES string of the molecule is Nc1nc(NN=Cc2cccc([N+](=O)[O-])c2)nc2c1ncn2[C@@H]1O[C@H](CO)[C@@H](O)[C@H]1O. The molecule has 1 aliphatic heterocycles. The maximum absolute atomic E-state index is 10.9. The summed E-state index contributed by atoms with van der Waals surface area (Å²) in [5, 5.41) is 44.3. The number of rotatable bonds is 6. The Morgan fingerprint density at radius 2 is 2.16 bits per heavy atom. The second-order valence-corrected chi connectivity index (χ2v) is 6.71. The number of aromatic nitrogens is 4. The summed E-state index contributed by atoms with van der Waals surface area (Å²) in [6.07, 6.45) is -1.95. The molecular weight excluding hydrogens is 412 g/mol. The van der Waals surface area contributed by atoms with Crippen LogP contribution in [0, 0.1) is 10.1 Å². The van der Waals surface area contributed by atoms with Crippen LogP contribution in [0.2, 0.25) is 0 Å². The zero-order valence-corrected chi connectivity index (χ0v) is 15.8. The first-order valence-corrected chi connectivity index (χ1v) is 9.05. The van der Waals surface area contributed by atoms with Gasteiger partial charge in [0.15, 0.2) is 17.7 Å². The number of aliphatic hydroxyl groups is 3. The second kappa shape index (κ2) is 8.19. The fourth-order valence-electron chi connectivity index (χ4n) is 3.17. The van der Waals surface area contributed by atoms with Gasteiger partial charge >= 0.3 is 0 Å². The van der Waals surface area contributed by atoms with Gasteiger partial charge in [0.2, 0.25) is 5.95 Å². The Kier molecular flexibility index (Phi) is 5.43. The van der Waals surface area contributed by atoms with Crippen molar-refractivity contribution in [2.75, 3.05) is 17.8 Å². The van der Waals surface area contributed by atoms with E-state index < -0.39 is 36.1 Å². The molecule has 0 amide bonds. The van der Waals surface area contributed by atoms with Crippen molar-refractivity contribution >= 4 is 34.8 Å². The third-order valence-electron chi connectivity index (χ3n) is 4.70. The van der Waals surface area contributed by atoms with E-state index in [2.05, 4.69) is 25.5 Å². The third kappa shape index (κ3) is 3.87. The average molecular weight is 430 g/mol. The van der Waals surface area contributed by atoms with Gasteiger partial charge < -0.3 is 25.8 Å². The largest absolute Gasteiger partial charge is 0.394 e. The van der Waals surface area contributed by atoms with E-state index in [1.807, 2.05) is 0 Å². The van der Waals surface area contributed by atoms with E-state index in [0.29, 0.717) is 5.56 Å². The highest BCUT2D eigenvalue weighted by Gasteiger charge is 2.44. The second-order valence-electron chi connectivity index (χ2n) is 6.71. The molecule has 1 saturated heterocycles. The normalized spacial score (nSPS) is 23.6. The third-order valence-corrected chi connectivity index (χ3v) is 4.70. The highest BCUT2D eigenvalue weighted by molar-refractivity contribution is 5.83. The van der Waals surface area contributed by atoms with Crippen LogP contribution in [0.15, 0.2) is 35.7 Å². The average Bonchev–Trinajstić information content (AvgIpc) is 3.30. The molecule has 14 heteroatoms. The number of nitro benzene ring substituents is 1. The number of nitrogens with two attached hydrogens (primary N) is 1. The van der Waals surface area contributed by atoms with E-state index in [4.69, 9.17) is 10.5 Å². The molecule has 0 bridgehead atoms. The molecule has 162 valence electrons. The molecule has 0 unspecified atom stereocenters. The number of anilines is 2. The van der Waals surface area contributed by atoms with Gasteiger partial charge in [0.1, 0.15) is 23.8 Å². The Bertz CT molecular complexity index is 1150. The van der Waals surface area contributed by atoms with Crippen molar-refractivity contribution in [1.82, 2.24) is 19.5 Å². The first-order chi connectivity index (χ1) is 14.9. The number of benzene rings is 1. The number of non-ortho nitro benzene ring substituents is 1. The van der Waals surface area contributed by atoms with Crippen LogP contribution in [-0.2, 0) is 4.74 Å². The molecule has 6 N–H and O–H groups in total. The van der Waals surface area contributed by atoms with Gasteiger partial charge in [-0.1, -0.05) is 12.1 Å². The quantitative estimate of drug-likeness (QED) is 0.189. The lowest BCUT2D eigenvalue weighted by Crippen LogP contribution is -2.33. The lowest BCUT2D eigenvalue weighted by molar-refractivity contribution is -0.384. The maximum Gasteiger partial charge on any atom is 0.270 e. The fourth-order valence-corrected chi connectivity index (χ4v) is 3.17. The number of nitrogens with one attached hydrogen (secondary N) is 1. The van der Waals surface area contributed by atoms with Crippen LogP contribution < -0.4 is 11.2 Å². The summed E-state index contributed by atoms with van der Waals surface area (Å²) in [5.41, 5.74) is 9.37. The summed E-state index contributed by atoms with van der Waals surface area (Å²) in [4.78, 5) is 22.8. The molecule has 0 radical (unpaired) electrons. The number of hydrogen-bond acceptors (Lipinski definition) is 12. The lowest BCUT2D eigenvalue weighted by atomic mass is 10.1. The Hall–Kier alpha value is -3.72. The van der Waals surface area contributed by atoms with E-state index in [9.17, 15) is 25.4 Å². The number of nitro groups is 1. The predicted molar refractivity (Wildman–Crippen MR) is 107 cm³/mol. The van der Waals surface area contributed by atoms with E-state index in [-0.39, 0.29) is 28.6 Å². The topological polar surface area (TPSA) is 207 Å². The van der Waals surface area contributed by atoms with Gasteiger partial charge in [-0.05, 0) is 0 Å². The molecule has 14 nitrogen and oxygen atoms in total. The van der Waals surface area contributed by atoms with Crippen molar-refractivity contribution in [3.05, 3.63) is 46.3 Å². The molecule has 1 aromatic carbocycles. The molecule has 4 atom stereocenters. The Morgan fingerprint density at radius 3 is 2.87 bits per heavy atom. The van der Waals surface area contributed by atoms with Crippen LogP contribution in [0.3, 0.4) is 0 Å². The van der Waals surface area contributed by atoms with E-state index in [0.717, 1.165) is 0 Å². The first kappa shape index (κ1) is 20.5. The monoisotopic (exact) mass is 430 g/mol. The molecular formula is C17H18N8O6. The molecule has 0 aliphatic carbocycles. The van der Waals surface area contributed by atoms with Gasteiger partial charge in [-0.3, -0.25) is 14.7 Å². The highest BCUT2D eigenvalue weighted by Crippen LogP contribution is 2.32. The van der Waals surface area contributed by atoms with Crippen LogP contribution in [0.25, 0.3) is 11.2 Å². The van der Waals surface area contributed by atoms with Crippen LogP contribution in [0.4, 0.5) is 17.5 Å². The molecule has 3 heterocycles. The first-order valence-electron chi connectivity index (χ1n) is 9.05. The Labute approximate surface area is 173 Å². The molecule has 0 spiro atoms. The van der Waals surface area contributed by atoms with Gasteiger partial charge in [-0.25, -0.2) is 10.4 Å². The van der Waals surface area contributed by atoms with Crippen molar-refractivity contribution in [2.24, 2.45) is 5.10 Å². The zero-order valence-electron chi connectivity index (χ0n) is 15.8. The number of aliphatic hydroxyl groups excluding tert-OH is 3. The molecule has 31 heavy (non-hydrogen) atoms. The van der Waals surface area contributed by atoms with Crippen LogP contribution in [-0.4, -0.2) is 70.9 Å². The van der Waals surface area contributed by atoms with Crippen molar-refractivity contribution in [2.45, 2.75) is 24.5 Å². The number of hydrogen-bond donors (Lipinski definition) is 5. The van der Waals surface area contributed by atoms with E-state index in [1.54, 1.807) is 6.07 Å². The van der Waals surface area contributed by atoms with Crippen LogP contribution >= 0.6 is 0 Å². The number of nitrogen functional groups attached to an aromatic ring is 1. The lowest BCUT2D eigenvalue weighted by Gasteiger charge is -2.16. The molecule has 1 fully saturated rings. The molecule has 4 rings (SSSR count). The summed E-state index contributed by atoms with van der Waals surface area (Å²) in [5.74, 6) is 0.0312. The maximum atomic E-state index is 10.9. The predicted octanol–water partition coefficient (Wildman–Crippen LogP) is -0.626. The van der Waals surface area contributed by atoms with Gasteiger partial charge in [-0.15, -0.1) is 0 Å². The number of imidazole rings is 1. The Morgan fingerprint density at radius 1 is 1.35 bits per heavy atom. The number of hydrazone groups is 1. The van der Waals surface area contributed by atoms with Crippen LogP contribution in [0.1, 0.15) is 11.8 Å². The Balaban J connectivity index is 1.59. The minimum atomic E-state index is -1.32. The van der Waals surface area contributed by atoms with Crippen molar-refractivity contribution < 1.29 is 25.0 Å². The van der Waals surface area contributed by atoms with Gasteiger partial charge in [0.25, 0.3) is 5.69 Å². The smallest absolute Gasteiger partial charge is 0.270 e. The molecule has 0 saturated carbocycles. The standard InChI is InChI=1S/C17H18N8O6/c18-14-11-15(24(7-19-11)16-13(28)12(27)10(6-26)31-16)22-17(21-14)23-20-5-8-2-1-3-9(4-8)25(29)30/h1-5,7,10,12-13,16,26-28H,6H2,(H3,18,21,22,23)/t10-,12-,13-,16-/m1/s1. The van der Waals surface area contributed by atoms with Crippen molar-refractivity contribution in [3.8, 4) is 0 Å². The van der Waals surface area contributed by atoms with Crippen molar-refractivity contribution in [1.29, 1.82) is 0 Å². The summed E-state index contributed by atoms with van der Waals surface area (Å²) >= 11 is 0. The minimum absolute atomic E-state index is 0.000161. The summed E-state index contributed by atoms with van der Waals surface area (Å²) in [6.45, 7) is -0.475. The highest BCUT2D eigenvalue weighted by atomic mass is 16.6. The minimum Gasteiger partial charge on any atom is -0.394 e. The van der Waals surface area contributed by atoms with E-state index in [1.165, 1.54) is 35.3 Å². The summed E-state index contributed by atoms with van der Waals surface area (Å²) in [7, 11) is 0. The number of fused-ring (bicyclic) bond motifs is 1. The summed E-state index contributed by atoms with van der Waals surface area (Å²) < 4.78 is 6.87. The molecule has 1 aliphatic rings. The fraction of sp³-hybridized carbons (Fsp3) is 0.294. The zero-order chi connectivity index (χ0) is 22.1. The molecule has 2 aromatic heterocycles. The van der Waals surface area contributed by atoms with Crippen LogP contribution in [0.5, 0.6) is 0 Å². The van der Waals surface area contributed by atoms with Gasteiger partial charge in [-0.2, -0.15) is 15.1 Å². The van der Waals surface area contributed by atoms with Gasteiger partial charge in [0, 0.05) is 17.7 Å². The van der Waals surface area contributed by atoms with Crippen molar-refractivity contribution in [3.63, 3.8) is 0 Å². The van der Waals surface area contributed by atoms with Gasteiger partial charge in [0.05, 0.1) is 24.1 Å².